The summed E-state index contributed by atoms with van der Waals surface area (Å²) < 4.78 is 0. The van der Waals surface area contributed by atoms with Crippen LogP contribution in [0.15, 0.2) is 0 Å². The van der Waals surface area contributed by atoms with Gasteiger partial charge in [0.1, 0.15) is 0 Å². The Balaban J connectivity index is 0.000000364. The number of nitrogens with zero attached hydrogens (tertiary/aromatic N) is 1. The summed E-state index contributed by atoms with van der Waals surface area (Å²) in [6.45, 7) is 16.1. The van der Waals surface area contributed by atoms with Crippen LogP contribution in [0.3, 0.4) is 0 Å². The summed E-state index contributed by atoms with van der Waals surface area (Å²) >= 11 is 0. The zero-order valence-electron chi connectivity index (χ0n) is 11.0. The van der Waals surface area contributed by atoms with E-state index in [1.165, 1.54) is 25.9 Å². The van der Waals surface area contributed by atoms with Crippen LogP contribution in [0, 0.1) is 11.8 Å². The van der Waals surface area contributed by atoms with Crippen molar-refractivity contribution in [2.75, 3.05) is 13.1 Å². The maximum Gasteiger partial charge on any atom is 0.00385 e. The molecule has 1 fully saturated rings. The Kier molecular flexibility index (Phi) is 7.26. The van der Waals surface area contributed by atoms with E-state index in [9.17, 15) is 0 Å². The summed E-state index contributed by atoms with van der Waals surface area (Å²) in [5.74, 6) is 1.80. The summed E-state index contributed by atoms with van der Waals surface area (Å²) in [7, 11) is 0. The van der Waals surface area contributed by atoms with Crippen molar-refractivity contribution in [3.05, 3.63) is 0 Å². The number of piperidine rings is 1. The molecule has 0 radical (unpaired) electrons. The molecule has 86 valence electrons. The molecule has 1 aliphatic rings. The van der Waals surface area contributed by atoms with Crippen LogP contribution in [0.1, 0.15) is 54.4 Å². The molecule has 0 aromatic rings. The maximum absolute atomic E-state index is 2.57. The lowest BCUT2D eigenvalue weighted by Crippen LogP contribution is -2.37. The van der Waals surface area contributed by atoms with Gasteiger partial charge in [0.2, 0.25) is 0 Å². The van der Waals surface area contributed by atoms with Crippen LogP contribution in [-0.2, 0) is 0 Å². The predicted molar refractivity (Wildman–Crippen MR) is 65.6 cm³/mol. The fraction of sp³-hybridized carbons (Fsp3) is 1.00. The molecule has 1 rings (SSSR count). The third-order valence-electron chi connectivity index (χ3n) is 2.55. The van der Waals surface area contributed by atoms with Crippen LogP contribution >= 0.6 is 0 Å². The largest absolute Gasteiger partial charge is 0.301 e. The minimum Gasteiger partial charge on any atom is -0.301 e. The third-order valence-corrected chi connectivity index (χ3v) is 2.55. The van der Waals surface area contributed by atoms with E-state index < -0.39 is 0 Å². The van der Waals surface area contributed by atoms with E-state index >= 15 is 0 Å². The highest BCUT2D eigenvalue weighted by atomic mass is 15.1. The summed E-state index contributed by atoms with van der Waals surface area (Å²) in [6, 6.07) is 0.757. The molecule has 0 bridgehead atoms. The van der Waals surface area contributed by atoms with Crippen LogP contribution in [0.25, 0.3) is 0 Å². The minimum absolute atomic E-state index is 0.757. The first kappa shape index (κ1) is 14.0. The zero-order chi connectivity index (χ0) is 11.1. The minimum atomic E-state index is 0.757. The number of hydrogen-bond acceptors (Lipinski definition) is 1. The Labute approximate surface area is 90.9 Å². The molecule has 0 aromatic heterocycles. The first-order chi connectivity index (χ1) is 6.43. The standard InChI is InChI=1S/C9H19N.C4H10/c1-8(2)10-6-4-9(3)5-7-10;1-4(2)3/h8-9H,4-7H2,1-3H3;4H,1-3H3. The smallest absolute Gasteiger partial charge is 0.00385 e. The lowest BCUT2D eigenvalue weighted by molar-refractivity contribution is 0.156. The van der Waals surface area contributed by atoms with Gasteiger partial charge in [-0.15, -0.1) is 0 Å². The average molecular weight is 199 g/mol. The van der Waals surface area contributed by atoms with Crippen molar-refractivity contribution in [2.24, 2.45) is 11.8 Å². The van der Waals surface area contributed by atoms with Crippen molar-refractivity contribution in [1.29, 1.82) is 0 Å². The van der Waals surface area contributed by atoms with Crippen LogP contribution in [0.2, 0.25) is 0 Å². The highest BCUT2D eigenvalue weighted by molar-refractivity contribution is 4.71. The molecule has 0 spiro atoms. The number of rotatable bonds is 1. The molecular weight excluding hydrogens is 170 g/mol. The van der Waals surface area contributed by atoms with E-state index in [-0.39, 0.29) is 0 Å². The van der Waals surface area contributed by atoms with Gasteiger partial charge in [-0.2, -0.15) is 0 Å². The van der Waals surface area contributed by atoms with Gasteiger partial charge in [0.05, 0.1) is 0 Å². The molecule has 0 atom stereocenters. The first-order valence-corrected chi connectivity index (χ1v) is 6.17. The highest BCUT2D eigenvalue weighted by Crippen LogP contribution is 2.17. The van der Waals surface area contributed by atoms with E-state index in [2.05, 4.69) is 46.4 Å². The Morgan fingerprint density at radius 1 is 0.929 bits per heavy atom. The summed E-state index contributed by atoms with van der Waals surface area (Å²) in [6.07, 6.45) is 2.80. The van der Waals surface area contributed by atoms with Gasteiger partial charge in [-0.05, 0) is 51.6 Å². The molecule has 1 heteroatoms. The second kappa shape index (κ2) is 7.28. The summed E-state index contributed by atoms with van der Waals surface area (Å²) in [5, 5.41) is 0. The Bertz CT molecular complexity index is 118. The Morgan fingerprint density at radius 2 is 1.29 bits per heavy atom. The highest BCUT2D eigenvalue weighted by Gasteiger charge is 2.16. The van der Waals surface area contributed by atoms with Crippen LogP contribution in [-0.4, -0.2) is 24.0 Å². The van der Waals surface area contributed by atoms with Gasteiger partial charge in [-0.1, -0.05) is 27.7 Å². The lowest BCUT2D eigenvalue weighted by atomic mass is 9.98. The van der Waals surface area contributed by atoms with Crippen LogP contribution in [0.5, 0.6) is 0 Å². The van der Waals surface area contributed by atoms with Gasteiger partial charge < -0.3 is 4.90 Å². The monoisotopic (exact) mass is 199 g/mol. The van der Waals surface area contributed by atoms with Crippen LogP contribution < -0.4 is 0 Å². The summed E-state index contributed by atoms with van der Waals surface area (Å²) in [5.41, 5.74) is 0. The van der Waals surface area contributed by atoms with Crippen molar-refractivity contribution in [2.45, 2.75) is 60.4 Å². The molecule has 14 heavy (non-hydrogen) atoms. The second-order valence-electron chi connectivity index (χ2n) is 5.54. The van der Waals surface area contributed by atoms with Gasteiger partial charge in [0.15, 0.2) is 0 Å². The van der Waals surface area contributed by atoms with Gasteiger partial charge in [-0.3, -0.25) is 0 Å². The molecule has 0 aliphatic carbocycles. The molecular formula is C13H29N. The SMILES string of the molecule is CC(C)C.CC1CCN(C(C)C)CC1. The van der Waals surface area contributed by atoms with E-state index in [1.807, 2.05) is 0 Å². The van der Waals surface area contributed by atoms with Crippen molar-refractivity contribution in [1.82, 2.24) is 4.90 Å². The van der Waals surface area contributed by atoms with Gasteiger partial charge in [0.25, 0.3) is 0 Å². The molecule has 1 saturated heterocycles. The number of likely N-dealkylation sites (tertiary alicyclic amines) is 1. The summed E-state index contributed by atoms with van der Waals surface area (Å²) in [4.78, 5) is 2.57. The van der Waals surface area contributed by atoms with E-state index in [4.69, 9.17) is 0 Å². The molecule has 0 aromatic carbocycles. The van der Waals surface area contributed by atoms with Gasteiger partial charge >= 0.3 is 0 Å². The number of hydrogen-bond donors (Lipinski definition) is 0. The fourth-order valence-electron chi connectivity index (χ4n) is 1.54. The average Bonchev–Trinajstić information content (AvgIpc) is 2.03. The van der Waals surface area contributed by atoms with Crippen molar-refractivity contribution in [3.63, 3.8) is 0 Å². The molecule has 1 aliphatic heterocycles. The molecule has 1 nitrogen and oxygen atoms in total. The Morgan fingerprint density at radius 3 is 1.57 bits per heavy atom. The normalized spacial score (nSPS) is 19.7. The quantitative estimate of drug-likeness (QED) is 0.621. The molecule has 0 unspecified atom stereocenters. The fourth-order valence-corrected chi connectivity index (χ4v) is 1.54. The topological polar surface area (TPSA) is 3.24 Å². The Hall–Kier alpha value is -0.0400. The first-order valence-electron chi connectivity index (χ1n) is 6.17. The zero-order valence-corrected chi connectivity index (χ0v) is 11.0. The van der Waals surface area contributed by atoms with E-state index in [0.29, 0.717) is 0 Å². The molecule has 1 heterocycles. The van der Waals surface area contributed by atoms with Crippen molar-refractivity contribution < 1.29 is 0 Å². The molecule has 0 N–H and O–H groups in total. The predicted octanol–water partition coefficient (Wildman–Crippen LogP) is 3.79. The van der Waals surface area contributed by atoms with Crippen molar-refractivity contribution >= 4 is 0 Å². The molecule has 0 amide bonds. The second-order valence-corrected chi connectivity index (χ2v) is 5.54. The third kappa shape index (κ3) is 7.37. The van der Waals surface area contributed by atoms with Crippen LogP contribution in [0.4, 0.5) is 0 Å². The maximum atomic E-state index is 2.57. The van der Waals surface area contributed by atoms with E-state index in [0.717, 1.165) is 17.9 Å². The lowest BCUT2D eigenvalue weighted by Gasteiger charge is -2.33. The van der Waals surface area contributed by atoms with E-state index in [1.54, 1.807) is 0 Å². The van der Waals surface area contributed by atoms with Gasteiger partial charge in [0, 0.05) is 6.04 Å². The van der Waals surface area contributed by atoms with Gasteiger partial charge in [-0.25, -0.2) is 0 Å². The van der Waals surface area contributed by atoms with Crippen molar-refractivity contribution in [3.8, 4) is 0 Å². The molecule has 0 saturated carbocycles.